The summed E-state index contributed by atoms with van der Waals surface area (Å²) in [7, 11) is 0. The van der Waals surface area contributed by atoms with E-state index in [1.165, 1.54) is 0 Å². The predicted molar refractivity (Wildman–Crippen MR) is 68.5 cm³/mol. The van der Waals surface area contributed by atoms with Crippen molar-refractivity contribution in [2.45, 2.75) is 13.0 Å². The van der Waals surface area contributed by atoms with Crippen molar-refractivity contribution in [1.29, 1.82) is 0 Å². The van der Waals surface area contributed by atoms with Crippen molar-refractivity contribution >= 4 is 11.6 Å². The minimum absolute atomic E-state index is 0.111. The molecule has 100 valence electrons. The summed E-state index contributed by atoms with van der Waals surface area (Å²) in [6.45, 7) is 1.81. The Morgan fingerprint density at radius 2 is 1.58 bits per heavy atom. The molecule has 19 heavy (non-hydrogen) atoms. The van der Waals surface area contributed by atoms with Gasteiger partial charge >= 0.3 is 0 Å². The molecule has 0 heterocycles. The average molecular weight is 286 g/mol. The van der Waals surface area contributed by atoms with Gasteiger partial charge in [-0.15, -0.1) is 0 Å². The maximum Gasteiger partial charge on any atom is 0.161 e. The minimum Gasteiger partial charge on any atom is -0.320 e. The van der Waals surface area contributed by atoms with Gasteiger partial charge in [-0.3, -0.25) is 0 Å². The molecular weight excluding hydrogens is 275 g/mol. The van der Waals surface area contributed by atoms with E-state index in [1.54, 1.807) is 18.2 Å². The van der Waals surface area contributed by atoms with Gasteiger partial charge in [0.1, 0.15) is 5.82 Å². The minimum atomic E-state index is -1.24. The van der Waals surface area contributed by atoms with Crippen molar-refractivity contribution in [3.05, 3.63) is 69.5 Å². The third-order valence-electron chi connectivity index (χ3n) is 2.80. The molecule has 0 radical (unpaired) electrons. The SMILES string of the molecule is Cc1cc(Cl)cc(C(N)c2cc(F)c(F)cc2F)c1. The quantitative estimate of drug-likeness (QED) is 0.826. The molecule has 2 aromatic rings. The summed E-state index contributed by atoms with van der Waals surface area (Å²) in [5, 5.41) is 0.452. The third kappa shape index (κ3) is 2.91. The lowest BCUT2D eigenvalue weighted by Crippen LogP contribution is -2.14. The maximum absolute atomic E-state index is 13.6. The summed E-state index contributed by atoms with van der Waals surface area (Å²) < 4.78 is 39.7. The molecule has 0 bridgehead atoms. The van der Waals surface area contributed by atoms with Gasteiger partial charge < -0.3 is 5.73 Å². The number of rotatable bonds is 2. The first kappa shape index (κ1) is 13.9. The van der Waals surface area contributed by atoms with E-state index in [2.05, 4.69) is 0 Å². The first-order chi connectivity index (χ1) is 8.88. The lowest BCUT2D eigenvalue weighted by Gasteiger charge is -2.15. The molecule has 0 saturated carbocycles. The van der Waals surface area contributed by atoms with Crippen LogP contribution in [0.4, 0.5) is 13.2 Å². The van der Waals surface area contributed by atoms with Crippen LogP contribution in [0.2, 0.25) is 5.02 Å². The summed E-state index contributed by atoms with van der Waals surface area (Å²) in [6, 6.07) is 5.36. The van der Waals surface area contributed by atoms with Crippen LogP contribution >= 0.6 is 11.6 Å². The fourth-order valence-electron chi connectivity index (χ4n) is 1.90. The highest BCUT2D eigenvalue weighted by atomic mass is 35.5. The van der Waals surface area contributed by atoms with Crippen LogP contribution in [0, 0.1) is 24.4 Å². The average Bonchev–Trinajstić information content (AvgIpc) is 2.31. The monoisotopic (exact) mass is 285 g/mol. The van der Waals surface area contributed by atoms with Crippen molar-refractivity contribution in [2.24, 2.45) is 5.73 Å². The highest BCUT2D eigenvalue weighted by Gasteiger charge is 2.17. The Morgan fingerprint density at radius 3 is 2.21 bits per heavy atom. The molecule has 1 atom stereocenters. The number of nitrogens with two attached hydrogens (primary N) is 1. The van der Waals surface area contributed by atoms with E-state index in [0.717, 1.165) is 11.6 Å². The molecule has 1 unspecified atom stereocenters. The van der Waals surface area contributed by atoms with Crippen LogP contribution in [-0.4, -0.2) is 0 Å². The zero-order valence-corrected chi connectivity index (χ0v) is 10.8. The maximum atomic E-state index is 13.6. The summed E-state index contributed by atoms with van der Waals surface area (Å²) in [4.78, 5) is 0. The first-order valence-corrected chi connectivity index (χ1v) is 5.93. The van der Waals surface area contributed by atoms with Crippen molar-refractivity contribution in [3.63, 3.8) is 0 Å². The molecule has 0 spiro atoms. The van der Waals surface area contributed by atoms with Gasteiger partial charge in [-0.05, 0) is 36.2 Å². The van der Waals surface area contributed by atoms with Crippen molar-refractivity contribution in [3.8, 4) is 0 Å². The Bertz CT molecular complexity index is 608. The van der Waals surface area contributed by atoms with Crippen LogP contribution in [0.25, 0.3) is 0 Å². The van der Waals surface area contributed by atoms with Crippen LogP contribution < -0.4 is 5.73 Å². The van der Waals surface area contributed by atoms with E-state index < -0.39 is 23.5 Å². The lowest BCUT2D eigenvalue weighted by molar-refractivity contribution is 0.487. The Labute approximate surface area is 113 Å². The number of aryl methyl sites for hydroxylation is 1. The third-order valence-corrected chi connectivity index (χ3v) is 3.02. The Hall–Kier alpha value is -1.52. The van der Waals surface area contributed by atoms with Gasteiger partial charge in [0.2, 0.25) is 0 Å². The van der Waals surface area contributed by atoms with Crippen LogP contribution in [0.3, 0.4) is 0 Å². The molecule has 0 aliphatic carbocycles. The van der Waals surface area contributed by atoms with Crippen molar-refractivity contribution in [1.82, 2.24) is 0 Å². The second-order valence-corrected chi connectivity index (χ2v) is 4.76. The van der Waals surface area contributed by atoms with Crippen molar-refractivity contribution < 1.29 is 13.2 Å². The van der Waals surface area contributed by atoms with E-state index in [9.17, 15) is 13.2 Å². The van der Waals surface area contributed by atoms with Crippen LogP contribution in [-0.2, 0) is 0 Å². The number of halogens is 4. The zero-order chi connectivity index (χ0) is 14.2. The van der Waals surface area contributed by atoms with Crippen LogP contribution in [0.15, 0.2) is 30.3 Å². The fourth-order valence-corrected chi connectivity index (χ4v) is 2.20. The Morgan fingerprint density at radius 1 is 0.947 bits per heavy atom. The topological polar surface area (TPSA) is 26.0 Å². The molecular formula is C14H11ClF3N. The zero-order valence-electron chi connectivity index (χ0n) is 10.1. The van der Waals surface area contributed by atoms with Crippen LogP contribution in [0.5, 0.6) is 0 Å². The molecule has 2 aromatic carbocycles. The molecule has 0 aliphatic heterocycles. The van der Waals surface area contributed by atoms with Gasteiger partial charge in [0.05, 0.1) is 6.04 Å². The molecule has 0 saturated heterocycles. The molecule has 0 fully saturated rings. The lowest BCUT2D eigenvalue weighted by atomic mass is 9.97. The summed E-state index contributed by atoms with van der Waals surface area (Å²) in [5.41, 5.74) is 7.16. The van der Waals surface area contributed by atoms with E-state index in [1.807, 2.05) is 6.92 Å². The summed E-state index contributed by atoms with van der Waals surface area (Å²) in [6.07, 6.45) is 0. The predicted octanol–water partition coefficient (Wildman–Crippen LogP) is 4.11. The molecule has 0 aliphatic rings. The van der Waals surface area contributed by atoms with Gasteiger partial charge in [0.15, 0.2) is 11.6 Å². The molecule has 0 amide bonds. The smallest absolute Gasteiger partial charge is 0.161 e. The largest absolute Gasteiger partial charge is 0.320 e. The summed E-state index contributed by atoms with van der Waals surface area (Å²) >= 11 is 5.89. The molecule has 2 rings (SSSR count). The highest BCUT2D eigenvalue weighted by Crippen LogP contribution is 2.27. The van der Waals surface area contributed by atoms with Gasteiger partial charge in [-0.25, -0.2) is 13.2 Å². The van der Waals surface area contributed by atoms with Gasteiger partial charge in [0.25, 0.3) is 0 Å². The molecule has 0 aromatic heterocycles. The fraction of sp³-hybridized carbons (Fsp3) is 0.143. The van der Waals surface area contributed by atoms with E-state index in [4.69, 9.17) is 17.3 Å². The van der Waals surface area contributed by atoms with Gasteiger partial charge in [-0.1, -0.05) is 17.7 Å². The first-order valence-electron chi connectivity index (χ1n) is 5.55. The second kappa shape index (κ2) is 5.23. The van der Waals surface area contributed by atoms with Gasteiger partial charge in [-0.2, -0.15) is 0 Å². The number of hydrogen-bond acceptors (Lipinski definition) is 1. The summed E-state index contributed by atoms with van der Waals surface area (Å²) in [5.74, 6) is -3.26. The van der Waals surface area contributed by atoms with Gasteiger partial charge in [0, 0.05) is 16.7 Å². The second-order valence-electron chi connectivity index (χ2n) is 4.33. The molecule has 5 heteroatoms. The number of hydrogen-bond donors (Lipinski definition) is 1. The number of benzene rings is 2. The standard InChI is InChI=1S/C14H11ClF3N/c1-7-2-8(4-9(15)3-7)14(19)10-5-12(17)13(18)6-11(10)16/h2-6,14H,19H2,1H3. The Kier molecular flexibility index (Phi) is 3.83. The Balaban J connectivity index is 2.49. The van der Waals surface area contributed by atoms with Crippen LogP contribution in [0.1, 0.15) is 22.7 Å². The van der Waals surface area contributed by atoms with E-state index in [-0.39, 0.29) is 5.56 Å². The molecule has 1 nitrogen and oxygen atoms in total. The van der Waals surface area contributed by atoms with Crippen molar-refractivity contribution in [2.75, 3.05) is 0 Å². The highest BCUT2D eigenvalue weighted by molar-refractivity contribution is 6.30. The van der Waals surface area contributed by atoms with E-state index in [0.29, 0.717) is 16.7 Å². The normalized spacial score (nSPS) is 12.5. The van der Waals surface area contributed by atoms with E-state index >= 15 is 0 Å². The molecule has 2 N–H and O–H groups in total.